The van der Waals surface area contributed by atoms with Crippen molar-refractivity contribution in [1.29, 1.82) is 0 Å². The molecule has 0 aromatic heterocycles. The van der Waals surface area contributed by atoms with E-state index in [9.17, 15) is 25.2 Å². The molecular weight excluding hydrogens is 484 g/mol. The van der Waals surface area contributed by atoms with E-state index in [4.69, 9.17) is 9.47 Å². The van der Waals surface area contributed by atoms with Gasteiger partial charge in [-0.3, -0.25) is 4.79 Å². The van der Waals surface area contributed by atoms with Crippen LogP contribution in [0.3, 0.4) is 0 Å². The lowest BCUT2D eigenvalue weighted by Gasteiger charge is -2.34. The summed E-state index contributed by atoms with van der Waals surface area (Å²) in [6.45, 7) is 2.25. The fourth-order valence-corrected chi connectivity index (χ4v) is 5.07. The summed E-state index contributed by atoms with van der Waals surface area (Å²) in [5, 5.41) is 39.8. The summed E-state index contributed by atoms with van der Waals surface area (Å²) in [6, 6.07) is 6.91. The maximum atomic E-state index is 12.7. The predicted octanol–water partition coefficient (Wildman–Crippen LogP) is 7.58. The molecule has 0 fully saturated rings. The van der Waals surface area contributed by atoms with Crippen LogP contribution in [0.15, 0.2) is 30.3 Å². The summed E-state index contributed by atoms with van der Waals surface area (Å²) in [6.07, 6.45) is 15.0. The number of benzene rings is 2. The molecule has 4 N–H and O–H groups in total. The number of carbonyl (C=O) groups is 1. The van der Waals surface area contributed by atoms with Crippen molar-refractivity contribution in [3.8, 4) is 28.7 Å². The van der Waals surface area contributed by atoms with Crippen molar-refractivity contribution < 1.29 is 34.7 Å². The Labute approximate surface area is 226 Å². The molecule has 1 aliphatic heterocycles. The van der Waals surface area contributed by atoms with E-state index < -0.39 is 12.2 Å². The van der Waals surface area contributed by atoms with Crippen LogP contribution in [-0.2, 0) is 16.0 Å². The standard InChI is InChI=1S/C31H44O7/c1-2-3-4-5-6-7-8-9-10-11-12-13-14-15-30(36)37-29-21-24-26(34)19-23(32)20-28(24)38-31(29)22-16-17-25(33)27(35)18-22/h16-20,29,31-35H,2-15,21H2,1H3. The van der Waals surface area contributed by atoms with Crippen molar-refractivity contribution >= 4 is 5.97 Å². The molecule has 0 saturated carbocycles. The van der Waals surface area contributed by atoms with E-state index in [1.807, 2.05) is 0 Å². The second-order valence-electron chi connectivity index (χ2n) is 10.5. The number of fused-ring (bicyclic) bond motifs is 1. The normalized spacial score (nSPS) is 16.6. The Morgan fingerprint density at radius 2 is 1.39 bits per heavy atom. The number of phenolic OH excluding ortho intramolecular Hbond substituents is 4. The lowest BCUT2D eigenvalue weighted by atomic mass is 9.93. The fraction of sp³-hybridized carbons (Fsp3) is 0.581. The number of aromatic hydroxyl groups is 4. The topological polar surface area (TPSA) is 116 Å². The smallest absolute Gasteiger partial charge is 0.306 e. The van der Waals surface area contributed by atoms with Crippen LogP contribution >= 0.6 is 0 Å². The number of unbranched alkanes of at least 4 members (excludes halogenated alkanes) is 12. The van der Waals surface area contributed by atoms with Gasteiger partial charge in [0.1, 0.15) is 23.4 Å². The van der Waals surface area contributed by atoms with E-state index in [0.717, 1.165) is 19.3 Å². The summed E-state index contributed by atoms with van der Waals surface area (Å²) < 4.78 is 11.8. The first-order valence-corrected chi connectivity index (χ1v) is 14.3. The Morgan fingerprint density at radius 1 is 0.789 bits per heavy atom. The monoisotopic (exact) mass is 528 g/mol. The van der Waals surface area contributed by atoms with Gasteiger partial charge < -0.3 is 29.9 Å². The van der Waals surface area contributed by atoms with Gasteiger partial charge in [-0.05, 0) is 18.6 Å². The first-order valence-electron chi connectivity index (χ1n) is 14.3. The highest BCUT2D eigenvalue weighted by atomic mass is 16.6. The lowest BCUT2D eigenvalue weighted by Crippen LogP contribution is -2.34. The third-order valence-electron chi connectivity index (χ3n) is 7.26. The molecule has 0 radical (unpaired) electrons. The number of hydrogen-bond donors (Lipinski definition) is 4. The number of rotatable bonds is 16. The minimum atomic E-state index is -0.772. The first-order chi connectivity index (χ1) is 18.4. The molecule has 2 aromatic rings. The van der Waals surface area contributed by atoms with Crippen molar-refractivity contribution in [2.45, 2.75) is 115 Å². The van der Waals surface area contributed by atoms with Gasteiger partial charge in [0.25, 0.3) is 0 Å². The lowest BCUT2D eigenvalue weighted by molar-refractivity contribution is -0.155. The van der Waals surface area contributed by atoms with Crippen molar-refractivity contribution in [2.75, 3.05) is 0 Å². The van der Waals surface area contributed by atoms with Crippen LogP contribution in [0, 0.1) is 0 Å². The SMILES string of the molecule is CCCCCCCCCCCCCCCC(=O)OC1Cc2c(O)cc(O)cc2OC1c1ccc(O)c(O)c1. The van der Waals surface area contributed by atoms with E-state index in [1.165, 1.54) is 88.5 Å². The Morgan fingerprint density at radius 3 is 2.00 bits per heavy atom. The highest BCUT2D eigenvalue weighted by molar-refractivity contribution is 5.69. The number of esters is 1. The van der Waals surface area contributed by atoms with Crippen LogP contribution in [0.25, 0.3) is 0 Å². The third-order valence-corrected chi connectivity index (χ3v) is 7.26. The van der Waals surface area contributed by atoms with Gasteiger partial charge in [-0.25, -0.2) is 0 Å². The van der Waals surface area contributed by atoms with Crippen molar-refractivity contribution in [3.63, 3.8) is 0 Å². The molecule has 0 saturated heterocycles. The maximum absolute atomic E-state index is 12.7. The van der Waals surface area contributed by atoms with Gasteiger partial charge in [-0.2, -0.15) is 0 Å². The quantitative estimate of drug-likeness (QED) is 0.101. The van der Waals surface area contributed by atoms with E-state index in [-0.39, 0.29) is 41.1 Å². The summed E-state index contributed by atoms with van der Waals surface area (Å²) in [5.74, 6) is -0.917. The molecule has 0 aliphatic carbocycles. The summed E-state index contributed by atoms with van der Waals surface area (Å²) >= 11 is 0. The zero-order valence-electron chi connectivity index (χ0n) is 22.7. The largest absolute Gasteiger partial charge is 0.508 e. The molecule has 7 heteroatoms. The molecule has 38 heavy (non-hydrogen) atoms. The van der Waals surface area contributed by atoms with Gasteiger partial charge in [0.05, 0.1) is 0 Å². The molecule has 0 amide bonds. The van der Waals surface area contributed by atoms with Gasteiger partial charge in [0.15, 0.2) is 17.6 Å². The highest BCUT2D eigenvalue weighted by Crippen LogP contribution is 2.43. The fourth-order valence-electron chi connectivity index (χ4n) is 5.07. The first kappa shape index (κ1) is 29.5. The molecule has 2 atom stereocenters. The van der Waals surface area contributed by atoms with Gasteiger partial charge in [-0.1, -0.05) is 90.0 Å². The Bertz CT molecular complexity index is 1020. The molecular formula is C31H44O7. The number of phenols is 4. The maximum Gasteiger partial charge on any atom is 0.306 e. The summed E-state index contributed by atoms with van der Waals surface area (Å²) in [5.41, 5.74) is 0.952. The van der Waals surface area contributed by atoms with Crippen LogP contribution in [0.2, 0.25) is 0 Å². The van der Waals surface area contributed by atoms with E-state index >= 15 is 0 Å². The van der Waals surface area contributed by atoms with Crippen LogP contribution in [0.1, 0.15) is 114 Å². The minimum Gasteiger partial charge on any atom is -0.508 e. The van der Waals surface area contributed by atoms with Crippen LogP contribution in [0.4, 0.5) is 0 Å². The third kappa shape index (κ3) is 9.03. The van der Waals surface area contributed by atoms with Crippen LogP contribution < -0.4 is 4.74 Å². The molecule has 0 bridgehead atoms. The van der Waals surface area contributed by atoms with Gasteiger partial charge in [0.2, 0.25) is 0 Å². The second kappa shape index (κ2) is 15.4. The molecule has 3 rings (SSSR count). The van der Waals surface area contributed by atoms with Crippen LogP contribution in [0.5, 0.6) is 28.7 Å². The summed E-state index contributed by atoms with van der Waals surface area (Å²) in [4.78, 5) is 12.7. The average Bonchev–Trinajstić information content (AvgIpc) is 2.88. The number of carbonyl (C=O) groups excluding carboxylic acids is 1. The zero-order chi connectivity index (χ0) is 27.3. The van der Waals surface area contributed by atoms with E-state index in [2.05, 4.69) is 6.92 Å². The molecule has 0 spiro atoms. The van der Waals surface area contributed by atoms with E-state index in [1.54, 1.807) is 6.07 Å². The van der Waals surface area contributed by atoms with Crippen molar-refractivity contribution in [2.24, 2.45) is 0 Å². The van der Waals surface area contributed by atoms with Gasteiger partial charge >= 0.3 is 5.97 Å². The average molecular weight is 529 g/mol. The molecule has 2 aromatic carbocycles. The Hall–Kier alpha value is -3.09. The minimum absolute atomic E-state index is 0.135. The number of hydrogen-bond acceptors (Lipinski definition) is 7. The van der Waals surface area contributed by atoms with Gasteiger partial charge in [-0.15, -0.1) is 0 Å². The summed E-state index contributed by atoms with van der Waals surface area (Å²) in [7, 11) is 0. The number of ether oxygens (including phenoxy) is 2. The predicted molar refractivity (Wildman–Crippen MR) is 147 cm³/mol. The van der Waals surface area contributed by atoms with Crippen LogP contribution in [-0.4, -0.2) is 32.5 Å². The Balaban J connectivity index is 1.43. The molecule has 1 heterocycles. The zero-order valence-corrected chi connectivity index (χ0v) is 22.7. The van der Waals surface area contributed by atoms with E-state index in [0.29, 0.717) is 17.5 Å². The molecule has 1 aliphatic rings. The molecule has 7 nitrogen and oxygen atoms in total. The molecule has 2 unspecified atom stereocenters. The Kier molecular flexibility index (Phi) is 11.9. The van der Waals surface area contributed by atoms with Crippen molar-refractivity contribution in [3.05, 3.63) is 41.5 Å². The second-order valence-corrected chi connectivity index (χ2v) is 10.5. The highest BCUT2D eigenvalue weighted by Gasteiger charge is 2.36. The molecule has 210 valence electrons. The van der Waals surface area contributed by atoms with Gasteiger partial charge in [0, 0.05) is 36.1 Å². The van der Waals surface area contributed by atoms with Crippen molar-refractivity contribution in [1.82, 2.24) is 0 Å².